The third-order valence-electron chi connectivity index (χ3n) is 3.71. The van der Waals surface area contributed by atoms with E-state index in [0.29, 0.717) is 10.9 Å². The molecule has 0 bridgehead atoms. The Bertz CT molecular complexity index is 705. The van der Waals surface area contributed by atoms with Crippen molar-refractivity contribution >= 4 is 42.4 Å². The molecule has 0 saturated carbocycles. The number of benzene rings is 2. The summed E-state index contributed by atoms with van der Waals surface area (Å²) >= 11 is 1.92. The van der Waals surface area contributed by atoms with Crippen LogP contribution in [0, 0.1) is 0 Å². The molecule has 1 fully saturated rings. The van der Waals surface area contributed by atoms with Crippen molar-refractivity contribution in [3.05, 3.63) is 42.5 Å². The second-order valence-electron chi connectivity index (χ2n) is 4.86. The summed E-state index contributed by atoms with van der Waals surface area (Å²) in [5.74, 6) is 2.82. The first-order valence-electron chi connectivity index (χ1n) is 6.51. The monoisotopic (exact) mass is 271 g/mol. The molecule has 1 saturated heterocycles. The quantitative estimate of drug-likeness (QED) is 0.556. The highest BCUT2D eigenvalue weighted by molar-refractivity contribution is 7.97. The van der Waals surface area contributed by atoms with E-state index in [1.807, 2.05) is 11.3 Å². The van der Waals surface area contributed by atoms with Crippen LogP contribution in [0.4, 0.5) is 0 Å². The lowest BCUT2D eigenvalue weighted by atomic mass is 10.1. The van der Waals surface area contributed by atoms with Crippen LogP contribution < -0.4 is 0 Å². The van der Waals surface area contributed by atoms with Gasteiger partial charge in [-0.3, -0.25) is 0 Å². The fourth-order valence-electron chi connectivity index (χ4n) is 2.78. The molecular weight excluding hydrogens is 256 g/mol. The molecule has 1 aromatic heterocycles. The van der Waals surface area contributed by atoms with Crippen LogP contribution in [0.2, 0.25) is 0 Å². The molecule has 90 valence electrons. The molecule has 0 spiro atoms. The molecule has 1 aliphatic heterocycles. The van der Waals surface area contributed by atoms with E-state index in [-0.39, 0.29) is 0 Å². The van der Waals surface area contributed by atoms with Gasteiger partial charge in [0.2, 0.25) is 0 Å². The summed E-state index contributed by atoms with van der Waals surface area (Å²) < 4.78 is 2.85. The molecule has 0 atom stereocenters. The second kappa shape index (κ2) is 4.29. The largest absolute Gasteiger partial charge is 0.155 e. The molecule has 0 amide bonds. The zero-order valence-electron chi connectivity index (χ0n) is 10.2. The van der Waals surface area contributed by atoms with Gasteiger partial charge in [0.15, 0.2) is 4.90 Å². The van der Waals surface area contributed by atoms with E-state index in [9.17, 15) is 0 Å². The summed E-state index contributed by atoms with van der Waals surface area (Å²) in [6, 6.07) is 15.9. The van der Waals surface area contributed by atoms with E-state index in [1.165, 1.54) is 44.5 Å². The minimum atomic E-state index is 0.531. The lowest BCUT2D eigenvalue weighted by Crippen LogP contribution is -2.02. The van der Waals surface area contributed by atoms with Gasteiger partial charge in [-0.15, -0.1) is 11.3 Å². The van der Waals surface area contributed by atoms with Crippen LogP contribution in [0.3, 0.4) is 0 Å². The van der Waals surface area contributed by atoms with Crippen LogP contribution in [0.1, 0.15) is 12.8 Å². The number of hydrogen-bond acceptors (Lipinski definition) is 1. The summed E-state index contributed by atoms with van der Waals surface area (Å²) in [5, 5.41) is 2.90. The average Bonchev–Trinajstić information content (AvgIpc) is 3.05. The topological polar surface area (TPSA) is 0 Å². The molecule has 0 nitrogen and oxygen atoms in total. The van der Waals surface area contributed by atoms with Gasteiger partial charge >= 0.3 is 0 Å². The van der Waals surface area contributed by atoms with Crippen molar-refractivity contribution in [2.24, 2.45) is 0 Å². The van der Waals surface area contributed by atoms with Gasteiger partial charge in [0.1, 0.15) is 11.5 Å². The smallest absolute Gasteiger partial charge is 0.135 e. The highest BCUT2D eigenvalue weighted by Crippen LogP contribution is 2.36. The Labute approximate surface area is 114 Å². The molecule has 1 aliphatic rings. The predicted molar refractivity (Wildman–Crippen MR) is 83.9 cm³/mol. The van der Waals surface area contributed by atoms with Crippen LogP contribution in [-0.4, -0.2) is 11.5 Å². The standard InChI is InChI=1S/C16H15S2/c1-2-6-15-13(5-1)14-11-12(7-8-16(14)17-15)18-9-3-4-10-18/h1-2,5-8,11H,3-4,9-10H2/q+1. The molecule has 0 aliphatic carbocycles. The summed E-state index contributed by atoms with van der Waals surface area (Å²) in [6.45, 7) is 0. The molecule has 0 unspecified atom stereocenters. The maximum absolute atomic E-state index is 2.46. The first kappa shape index (κ1) is 10.9. The van der Waals surface area contributed by atoms with E-state index in [1.54, 1.807) is 4.90 Å². The predicted octanol–water partition coefficient (Wildman–Crippen LogP) is 4.83. The van der Waals surface area contributed by atoms with E-state index in [0.717, 1.165) is 0 Å². The van der Waals surface area contributed by atoms with Gasteiger partial charge in [0.25, 0.3) is 0 Å². The second-order valence-corrected chi connectivity index (χ2v) is 8.22. The van der Waals surface area contributed by atoms with Gasteiger partial charge in [-0.2, -0.15) is 0 Å². The van der Waals surface area contributed by atoms with Crippen molar-refractivity contribution in [3.8, 4) is 0 Å². The number of rotatable bonds is 1. The fourth-order valence-corrected chi connectivity index (χ4v) is 6.19. The summed E-state index contributed by atoms with van der Waals surface area (Å²) in [7, 11) is 0.531. The molecule has 0 N–H and O–H groups in total. The molecule has 2 heteroatoms. The van der Waals surface area contributed by atoms with Gasteiger partial charge < -0.3 is 0 Å². The Hall–Kier alpha value is -0.990. The number of thiophene rings is 1. The van der Waals surface area contributed by atoms with E-state index < -0.39 is 0 Å². The maximum Gasteiger partial charge on any atom is 0.155 e. The Morgan fingerprint density at radius 2 is 1.61 bits per heavy atom. The summed E-state index contributed by atoms with van der Waals surface area (Å²) in [6.07, 6.45) is 2.84. The summed E-state index contributed by atoms with van der Waals surface area (Å²) in [4.78, 5) is 1.59. The van der Waals surface area contributed by atoms with Crippen molar-refractivity contribution in [1.82, 2.24) is 0 Å². The molecule has 2 aromatic carbocycles. The lowest BCUT2D eigenvalue weighted by Gasteiger charge is -2.00. The molecule has 0 radical (unpaired) electrons. The third-order valence-corrected chi connectivity index (χ3v) is 7.35. The van der Waals surface area contributed by atoms with Crippen molar-refractivity contribution in [2.75, 3.05) is 11.5 Å². The van der Waals surface area contributed by atoms with Crippen molar-refractivity contribution in [3.63, 3.8) is 0 Å². The fraction of sp³-hybridized carbons (Fsp3) is 0.250. The van der Waals surface area contributed by atoms with Gasteiger partial charge in [0.05, 0.1) is 0 Å². The Kier molecular flexibility index (Phi) is 2.59. The van der Waals surface area contributed by atoms with Gasteiger partial charge in [-0.05, 0) is 31.0 Å². The lowest BCUT2D eigenvalue weighted by molar-refractivity contribution is 0.949. The van der Waals surface area contributed by atoms with Crippen LogP contribution >= 0.6 is 11.3 Å². The molecule has 18 heavy (non-hydrogen) atoms. The SMILES string of the molecule is c1ccc2c(c1)sc1ccc([S+]3CCCC3)cc12. The average molecular weight is 271 g/mol. The zero-order chi connectivity index (χ0) is 11.9. The normalized spacial score (nSPS) is 16.9. The van der Waals surface area contributed by atoms with Crippen molar-refractivity contribution in [1.29, 1.82) is 0 Å². The van der Waals surface area contributed by atoms with Crippen LogP contribution in [0.25, 0.3) is 20.2 Å². The third kappa shape index (κ3) is 1.67. The summed E-state index contributed by atoms with van der Waals surface area (Å²) in [5.41, 5.74) is 0. The molecular formula is C16H15S2+. The van der Waals surface area contributed by atoms with Crippen LogP contribution in [-0.2, 0) is 10.9 Å². The van der Waals surface area contributed by atoms with Crippen molar-refractivity contribution in [2.45, 2.75) is 17.7 Å². The molecule has 2 heterocycles. The van der Waals surface area contributed by atoms with Gasteiger partial charge in [-0.25, -0.2) is 0 Å². The first-order chi connectivity index (χ1) is 8.92. The highest BCUT2D eigenvalue weighted by atomic mass is 32.2. The van der Waals surface area contributed by atoms with Crippen LogP contribution in [0.15, 0.2) is 47.4 Å². The highest BCUT2D eigenvalue weighted by Gasteiger charge is 2.27. The van der Waals surface area contributed by atoms with E-state index >= 15 is 0 Å². The minimum Gasteiger partial charge on any atom is -0.135 e. The first-order valence-corrected chi connectivity index (χ1v) is 8.88. The number of fused-ring (bicyclic) bond motifs is 3. The van der Waals surface area contributed by atoms with Gasteiger partial charge in [0, 0.05) is 37.1 Å². The minimum absolute atomic E-state index is 0.531. The van der Waals surface area contributed by atoms with E-state index in [4.69, 9.17) is 0 Å². The number of hydrogen-bond donors (Lipinski definition) is 0. The Morgan fingerprint density at radius 1 is 0.833 bits per heavy atom. The zero-order valence-corrected chi connectivity index (χ0v) is 11.8. The Balaban J connectivity index is 1.94. The molecule has 3 aromatic rings. The van der Waals surface area contributed by atoms with Crippen molar-refractivity contribution < 1.29 is 0 Å². The maximum atomic E-state index is 2.46. The van der Waals surface area contributed by atoms with E-state index in [2.05, 4.69) is 42.5 Å². The Morgan fingerprint density at radius 3 is 2.50 bits per heavy atom. The molecule has 4 rings (SSSR count). The van der Waals surface area contributed by atoms with Gasteiger partial charge in [-0.1, -0.05) is 18.2 Å². The van der Waals surface area contributed by atoms with Crippen LogP contribution in [0.5, 0.6) is 0 Å².